The van der Waals surface area contributed by atoms with Crippen LogP contribution in [-0.4, -0.2) is 78.2 Å². The summed E-state index contributed by atoms with van der Waals surface area (Å²) in [5.41, 5.74) is -0.00994. The quantitative estimate of drug-likeness (QED) is 0.283. The van der Waals surface area contributed by atoms with E-state index in [1.54, 1.807) is 0 Å². The molecule has 4 N–H and O–H groups in total. The van der Waals surface area contributed by atoms with Crippen molar-refractivity contribution in [2.75, 3.05) is 20.2 Å². The second kappa shape index (κ2) is 10.7. The van der Waals surface area contributed by atoms with E-state index in [0.717, 1.165) is 4.90 Å². The summed E-state index contributed by atoms with van der Waals surface area (Å²) in [6.07, 6.45) is 0.0485. The van der Waals surface area contributed by atoms with Crippen molar-refractivity contribution in [3.05, 3.63) is 29.3 Å². The van der Waals surface area contributed by atoms with Crippen LogP contribution in [0.4, 0.5) is 0 Å². The lowest BCUT2D eigenvalue weighted by Gasteiger charge is -2.27. The van der Waals surface area contributed by atoms with E-state index in [9.17, 15) is 28.8 Å². The number of carboxylic acid groups (broad SMARTS) is 1. The first kappa shape index (κ1) is 24.0. The number of fused-ring (bicyclic) bond motifs is 1. The van der Waals surface area contributed by atoms with Gasteiger partial charge in [-0.15, -0.1) is 0 Å². The molecule has 0 radical (unpaired) electrons. The molecule has 1 atom stereocenters. The van der Waals surface area contributed by atoms with E-state index < -0.39 is 42.2 Å². The van der Waals surface area contributed by atoms with E-state index in [2.05, 4.69) is 16.0 Å². The molecule has 13 heteroatoms. The summed E-state index contributed by atoms with van der Waals surface area (Å²) in [6, 6.07) is 3.23. The Labute approximate surface area is 181 Å². The first-order valence-electron chi connectivity index (χ1n) is 9.27. The standard InChI is InChI=1S/C18H18N4O7.CH2O2/c1-19-13(24)7-20-14(25)8-29-11-4-2-3-9-15(11)18(28)22(17(9)27)10-5-6-12(23)21-16(10)26;2-1-3/h2-4,10H,5-8H2,1H3,(H,19,24)(H,20,25)(H,21,23,26);1H,(H,2,3). The Morgan fingerprint density at radius 1 is 1.22 bits per heavy atom. The highest BCUT2D eigenvalue weighted by atomic mass is 16.5. The number of amides is 6. The number of nitrogens with one attached hydrogen (secondary N) is 3. The fraction of sp³-hybridized carbons (Fsp3) is 0.316. The number of piperidine rings is 1. The molecule has 1 unspecified atom stereocenters. The van der Waals surface area contributed by atoms with Crippen molar-refractivity contribution in [2.45, 2.75) is 18.9 Å². The fourth-order valence-electron chi connectivity index (χ4n) is 3.07. The number of carbonyl (C=O) groups is 7. The van der Waals surface area contributed by atoms with E-state index in [1.807, 2.05) is 0 Å². The van der Waals surface area contributed by atoms with Crippen molar-refractivity contribution >= 4 is 41.9 Å². The third kappa shape index (κ3) is 5.24. The molecule has 0 aromatic heterocycles. The highest BCUT2D eigenvalue weighted by Crippen LogP contribution is 2.33. The van der Waals surface area contributed by atoms with Crippen molar-refractivity contribution in [3.8, 4) is 5.75 Å². The predicted octanol–water partition coefficient (Wildman–Crippen LogP) is -1.97. The van der Waals surface area contributed by atoms with Gasteiger partial charge in [-0.2, -0.15) is 0 Å². The summed E-state index contributed by atoms with van der Waals surface area (Å²) in [5.74, 6) is -3.56. The van der Waals surface area contributed by atoms with Gasteiger partial charge < -0.3 is 20.5 Å². The molecule has 2 aliphatic rings. The molecule has 0 aliphatic carbocycles. The lowest BCUT2D eigenvalue weighted by atomic mass is 10.0. The number of benzene rings is 1. The monoisotopic (exact) mass is 448 g/mol. The normalized spacial score (nSPS) is 16.9. The second-order valence-electron chi connectivity index (χ2n) is 6.47. The fourth-order valence-corrected chi connectivity index (χ4v) is 3.07. The minimum Gasteiger partial charge on any atom is -0.483 e. The summed E-state index contributed by atoms with van der Waals surface area (Å²) in [4.78, 5) is 81.1. The molecule has 2 heterocycles. The summed E-state index contributed by atoms with van der Waals surface area (Å²) >= 11 is 0. The predicted molar refractivity (Wildman–Crippen MR) is 104 cm³/mol. The van der Waals surface area contributed by atoms with Gasteiger partial charge in [-0.05, 0) is 18.6 Å². The number of hydrogen-bond donors (Lipinski definition) is 4. The molecule has 0 bridgehead atoms. The van der Waals surface area contributed by atoms with Crippen molar-refractivity contribution in [1.82, 2.24) is 20.9 Å². The third-order valence-corrected chi connectivity index (χ3v) is 4.51. The molecule has 0 saturated carbocycles. The number of imide groups is 2. The summed E-state index contributed by atoms with van der Waals surface area (Å²) in [5, 5.41) is 13.7. The number of rotatable bonds is 6. The highest BCUT2D eigenvalue weighted by molar-refractivity contribution is 6.24. The molecule has 2 aliphatic heterocycles. The van der Waals surface area contributed by atoms with Crippen LogP contribution in [0.15, 0.2) is 18.2 Å². The first-order valence-corrected chi connectivity index (χ1v) is 9.27. The number of carbonyl (C=O) groups excluding carboxylic acids is 6. The number of ether oxygens (including phenoxy) is 1. The molecule has 32 heavy (non-hydrogen) atoms. The zero-order chi connectivity index (χ0) is 23.8. The minimum atomic E-state index is -1.09. The van der Waals surface area contributed by atoms with Crippen LogP contribution in [0.3, 0.4) is 0 Å². The van der Waals surface area contributed by atoms with E-state index in [4.69, 9.17) is 14.6 Å². The van der Waals surface area contributed by atoms with Crippen LogP contribution < -0.4 is 20.7 Å². The van der Waals surface area contributed by atoms with E-state index in [0.29, 0.717) is 0 Å². The van der Waals surface area contributed by atoms with Crippen molar-refractivity contribution in [3.63, 3.8) is 0 Å². The Balaban J connectivity index is 0.00000114. The van der Waals surface area contributed by atoms with E-state index >= 15 is 0 Å². The lowest BCUT2D eigenvalue weighted by Crippen LogP contribution is -2.54. The molecule has 1 fully saturated rings. The van der Waals surface area contributed by atoms with Crippen LogP contribution >= 0.6 is 0 Å². The molecule has 13 nitrogen and oxygen atoms in total. The van der Waals surface area contributed by atoms with Crippen molar-refractivity contribution in [1.29, 1.82) is 0 Å². The Morgan fingerprint density at radius 3 is 2.53 bits per heavy atom. The summed E-state index contributed by atoms with van der Waals surface area (Å²) in [6.45, 7) is -0.959. The summed E-state index contributed by atoms with van der Waals surface area (Å²) in [7, 11) is 1.43. The molecular formula is C19H20N4O9. The van der Waals surface area contributed by atoms with Gasteiger partial charge in [0, 0.05) is 13.5 Å². The molecule has 6 amide bonds. The summed E-state index contributed by atoms with van der Waals surface area (Å²) < 4.78 is 5.38. The zero-order valence-electron chi connectivity index (χ0n) is 16.9. The molecule has 1 saturated heterocycles. The molecule has 0 spiro atoms. The second-order valence-corrected chi connectivity index (χ2v) is 6.47. The number of hydrogen-bond acceptors (Lipinski definition) is 8. The maximum absolute atomic E-state index is 12.9. The van der Waals surface area contributed by atoms with Gasteiger partial charge in [0.2, 0.25) is 17.7 Å². The Hall–Kier alpha value is -4.29. The van der Waals surface area contributed by atoms with E-state index in [-0.39, 0.29) is 48.6 Å². The maximum atomic E-state index is 12.9. The largest absolute Gasteiger partial charge is 0.483 e. The SMILES string of the molecule is CNC(=O)CNC(=O)COc1cccc2c1C(=O)N(C1CCC(=O)NC1=O)C2=O.O=CO. The minimum absolute atomic E-state index is 0.00531. The maximum Gasteiger partial charge on any atom is 0.290 e. The highest BCUT2D eigenvalue weighted by Gasteiger charge is 2.46. The topological polar surface area (TPSA) is 188 Å². The molecule has 3 rings (SSSR count). The van der Waals surface area contributed by atoms with Crippen LogP contribution in [-0.2, 0) is 24.0 Å². The Kier molecular flexibility index (Phi) is 7.98. The molecule has 170 valence electrons. The van der Waals surface area contributed by atoms with Crippen LogP contribution in [0, 0.1) is 0 Å². The molecular weight excluding hydrogens is 428 g/mol. The van der Waals surface area contributed by atoms with Gasteiger partial charge in [-0.1, -0.05) is 6.07 Å². The first-order chi connectivity index (χ1) is 15.2. The third-order valence-electron chi connectivity index (χ3n) is 4.51. The number of likely N-dealkylation sites (N-methyl/N-ethyl adjacent to an activating group) is 1. The van der Waals surface area contributed by atoms with Gasteiger partial charge in [0.15, 0.2) is 6.61 Å². The van der Waals surface area contributed by atoms with Crippen molar-refractivity contribution < 1.29 is 43.4 Å². The molecule has 1 aromatic rings. The van der Waals surface area contributed by atoms with E-state index in [1.165, 1.54) is 25.2 Å². The van der Waals surface area contributed by atoms with Crippen LogP contribution in [0.25, 0.3) is 0 Å². The average Bonchev–Trinajstić information content (AvgIpc) is 3.02. The van der Waals surface area contributed by atoms with Gasteiger partial charge in [0.05, 0.1) is 17.7 Å². The lowest BCUT2D eigenvalue weighted by molar-refractivity contribution is -0.136. The van der Waals surface area contributed by atoms with Gasteiger partial charge in [0.1, 0.15) is 11.8 Å². The van der Waals surface area contributed by atoms with Gasteiger partial charge in [-0.3, -0.25) is 43.8 Å². The van der Waals surface area contributed by atoms with Gasteiger partial charge >= 0.3 is 0 Å². The Bertz CT molecular complexity index is 976. The van der Waals surface area contributed by atoms with Crippen molar-refractivity contribution in [2.24, 2.45) is 0 Å². The zero-order valence-corrected chi connectivity index (χ0v) is 16.9. The van der Waals surface area contributed by atoms with Crippen LogP contribution in [0.2, 0.25) is 0 Å². The van der Waals surface area contributed by atoms with Crippen LogP contribution in [0.1, 0.15) is 33.6 Å². The average molecular weight is 448 g/mol. The van der Waals surface area contributed by atoms with Gasteiger partial charge in [0.25, 0.3) is 24.2 Å². The number of nitrogens with zero attached hydrogens (tertiary/aromatic N) is 1. The Morgan fingerprint density at radius 2 is 1.91 bits per heavy atom. The van der Waals surface area contributed by atoms with Crippen LogP contribution in [0.5, 0.6) is 5.75 Å². The van der Waals surface area contributed by atoms with Gasteiger partial charge in [-0.25, -0.2) is 0 Å². The smallest absolute Gasteiger partial charge is 0.290 e. The molecule has 1 aromatic carbocycles.